The number of hydrogen-bond donors (Lipinski definition) is 0. The van der Waals surface area contributed by atoms with E-state index >= 15 is 0 Å². The summed E-state index contributed by atoms with van der Waals surface area (Å²) in [5, 5.41) is 8.93. The average Bonchev–Trinajstić information content (AvgIpc) is 2.86. The number of aromatic nitrogens is 2. The van der Waals surface area contributed by atoms with Crippen molar-refractivity contribution in [2.75, 3.05) is 26.2 Å². The van der Waals surface area contributed by atoms with Crippen LogP contribution in [0.4, 0.5) is 0 Å². The molecule has 0 atom stereocenters. The highest BCUT2D eigenvalue weighted by atomic mass is 15.2. The third-order valence-electron chi connectivity index (χ3n) is 5.42. The molecule has 1 aliphatic heterocycles. The Balaban J connectivity index is 1.37. The van der Waals surface area contributed by atoms with Crippen molar-refractivity contribution in [3.05, 3.63) is 65.5 Å². The van der Waals surface area contributed by atoms with Crippen LogP contribution in [-0.2, 0) is 20.1 Å². The first kappa shape index (κ1) is 17.7. The minimum Gasteiger partial charge on any atom is -0.330 e. The van der Waals surface area contributed by atoms with E-state index in [-0.39, 0.29) is 0 Å². The fourth-order valence-electron chi connectivity index (χ4n) is 3.82. The van der Waals surface area contributed by atoms with Crippen molar-refractivity contribution in [1.29, 1.82) is 5.26 Å². The lowest BCUT2D eigenvalue weighted by atomic mass is 10.1. The smallest absolute Gasteiger partial charge is 0.123 e. The Labute approximate surface area is 160 Å². The van der Waals surface area contributed by atoms with Gasteiger partial charge in [-0.15, -0.1) is 0 Å². The van der Waals surface area contributed by atoms with E-state index in [0.717, 1.165) is 56.2 Å². The van der Waals surface area contributed by atoms with Gasteiger partial charge in [-0.3, -0.25) is 9.80 Å². The quantitative estimate of drug-likeness (QED) is 0.718. The molecule has 1 fully saturated rings. The molecule has 0 aliphatic carbocycles. The number of para-hydroxylation sites is 2. The molecule has 1 aromatic heterocycles. The summed E-state index contributed by atoms with van der Waals surface area (Å²) in [6.45, 7) is 6.18. The predicted molar refractivity (Wildman–Crippen MR) is 107 cm³/mol. The van der Waals surface area contributed by atoms with Crippen LogP contribution in [0.15, 0.2) is 48.5 Å². The van der Waals surface area contributed by atoms with Crippen molar-refractivity contribution >= 4 is 11.0 Å². The van der Waals surface area contributed by atoms with Crippen molar-refractivity contribution < 1.29 is 0 Å². The van der Waals surface area contributed by atoms with Crippen LogP contribution in [0.2, 0.25) is 0 Å². The zero-order valence-corrected chi connectivity index (χ0v) is 15.8. The maximum absolute atomic E-state index is 8.93. The number of hydrogen-bond acceptors (Lipinski definition) is 4. The number of nitrogens with zero attached hydrogens (tertiary/aromatic N) is 5. The fourth-order valence-corrected chi connectivity index (χ4v) is 3.82. The second-order valence-corrected chi connectivity index (χ2v) is 7.29. The lowest BCUT2D eigenvalue weighted by Gasteiger charge is -2.21. The molecule has 138 valence electrons. The van der Waals surface area contributed by atoms with Crippen molar-refractivity contribution in [3.8, 4) is 6.07 Å². The molecule has 0 bridgehead atoms. The lowest BCUT2D eigenvalue weighted by Crippen LogP contribution is -2.31. The zero-order valence-electron chi connectivity index (χ0n) is 15.8. The molecule has 3 aromatic rings. The summed E-state index contributed by atoms with van der Waals surface area (Å²) in [7, 11) is 2.11. The van der Waals surface area contributed by atoms with Crippen LogP contribution in [0.3, 0.4) is 0 Å². The van der Waals surface area contributed by atoms with E-state index in [9.17, 15) is 0 Å². The lowest BCUT2D eigenvalue weighted by molar-refractivity contribution is 0.242. The molecule has 0 radical (unpaired) electrons. The van der Waals surface area contributed by atoms with Crippen molar-refractivity contribution in [1.82, 2.24) is 19.4 Å². The second kappa shape index (κ2) is 7.91. The molecule has 1 saturated heterocycles. The van der Waals surface area contributed by atoms with Gasteiger partial charge in [0.2, 0.25) is 0 Å². The largest absolute Gasteiger partial charge is 0.330 e. The molecule has 5 heteroatoms. The molecule has 0 amide bonds. The zero-order chi connectivity index (χ0) is 18.6. The highest BCUT2D eigenvalue weighted by Crippen LogP contribution is 2.17. The van der Waals surface area contributed by atoms with Gasteiger partial charge in [0.05, 0.1) is 29.2 Å². The molecule has 2 aromatic carbocycles. The first-order valence-electron chi connectivity index (χ1n) is 9.57. The molecule has 0 unspecified atom stereocenters. The van der Waals surface area contributed by atoms with Gasteiger partial charge in [-0.25, -0.2) is 4.98 Å². The molecule has 2 heterocycles. The number of aryl methyl sites for hydroxylation is 1. The summed E-state index contributed by atoms with van der Waals surface area (Å²) in [5.41, 5.74) is 4.28. The average molecular weight is 359 g/mol. The number of benzene rings is 2. The Morgan fingerprint density at radius 2 is 1.63 bits per heavy atom. The Morgan fingerprint density at radius 1 is 0.926 bits per heavy atom. The highest BCUT2D eigenvalue weighted by molar-refractivity contribution is 5.75. The van der Waals surface area contributed by atoms with Crippen molar-refractivity contribution in [3.63, 3.8) is 0 Å². The molecular weight excluding hydrogens is 334 g/mol. The minimum atomic E-state index is 0.725. The van der Waals surface area contributed by atoms with Gasteiger partial charge in [0.15, 0.2) is 0 Å². The summed E-state index contributed by atoms with van der Waals surface area (Å²) in [6.07, 6.45) is 1.17. The Bertz CT molecular complexity index is 951. The topological polar surface area (TPSA) is 48.1 Å². The maximum Gasteiger partial charge on any atom is 0.123 e. The number of imidazole rings is 1. The summed E-state index contributed by atoms with van der Waals surface area (Å²) >= 11 is 0. The van der Waals surface area contributed by atoms with Crippen LogP contribution in [0.25, 0.3) is 11.0 Å². The van der Waals surface area contributed by atoms with Crippen molar-refractivity contribution in [2.45, 2.75) is 19.5 Å². The molecule has 0 N–H and O–H groups in total. The van der Waals surface area contributed by atoms with Crippen LogP contribution < -0.4 is 0 Å². The monoisotopic (exact) mass is 359 g/mol. The number of rotatable bonds is 4. The van der Waals surface area contributed by atoms with E-state index in [2.05, 4.69) is 57.8 Å². The Kier molecular flexibility index (Phi) is 5.19. The normalized spacial score (nSPS) is 16.3. The van der Waals surface area contributed by atoms with Crippen LogP contribution in [0, 0.1) is 11.3 Å². The first-order chi connectivity index (χ1) is 13.2. The van der Waals surface area contributed by atoms with E-state index in [4.69, 9.17) is 10.2 Å². The minimum absolute atomic E-state index is 0.725. The van der Waals surface area contributed by atoms with E-state index < -0.39 is 0 Å². The molecule has 0 saturated carbocycles. The summed E-state index contributed by atoms with van der Waals surface area (Å²) in [5.74, 6) is 1.14. The Hall–Kier alpha value is -2.68. The van der Waals surface area contributed by atoms with Gasteiger partial charge < -0.3 is 4.57 Å². The highest BCUT2D eigenvalue weighted by Gasteiger charge is 2.17. The molecule has 5 nitrogen and oxygen atoms in total. The van der Waals surface area contributed by atoms with Crippen LogP contribution in [0.5, 0.6) is 0 Å². The van der Waals surface area contributed by atoms with Gasteiger partial charge in [0.25, 0.3) is 0 Å². The third-order valence-corrected chi connectivity index (χ3v) is 5.42. The van der Waals surface area contributed by atoms with Gasteiger partial charge in [-0.1, -0.05) is 24.3 Å². The molecule has 1 aliphatic rings. The Morgan fingerprint density at radius 3 is 2.33 bits per heavy atom. The van der Waals surface area contributed by atoms with E-state index in [1.807, 2.05) is 18.2 Å². The first-order valence-corrected chi connectivity index (χ1v) is 9.57. The van der Waals surface area contributed by atoms with Gasteiger partial charge in [-0.05, 0) is 49.3 Å². The van der Waals surface area contributed by atoms with Crippen LogP contribution in [-0.4, -0.2) is 45.5 Å². The molecule has 4 rings (SSSR count). The maximum atomic E-state index is 8.93. The van der Waals surface area contributed by atoms with Crippen LogP contribution in [0.1, 0.15) is 23.4 Å². The van der Waals surface area contributed by atoms with E-state index in [1.165, 1.54) is 17.5 Å². The van der Waals surface area contributed by atoms with Gasteiger partial charge in [0, 0.05) is 26.7 Å². The second-order valence-electron chi connectivity index (χ2n) is 7.29. The van der Waals surface area contributed by atoms with Gasteiger partial charge in [-0.2, -0.15) is 5.26 Å². The van der Waals surface area contributed by atoms with Gasteiger partial charge in [0.1, 0.15) is 5.82 Å². The summed E-state index contributed by atoms with van der Waals surface area (Å²) in [4.78, 5) is 9.85. The predicted octanol–water partition coefficient (Wildman–Crippen LogP) is 3.15. The van der Waals surface area contributed by atoms with Gasteiger partial charge >= 0.3 is 0 Å². The summed E-state index contributed by atoms with van der Waals surface area (Å²) in [6, 6.07) is 18.5. The molecule has 0 spiro atoms. The third kappa shape index (κ3) is 4.02. The summed E-state index contributed by atoms with van der Waals surface area (Å²) < 4.78 is 2.22. The van der Waals surface area contributed by atoms with Crippen LogP contribution >= 0.6 is 0 Å². The number of fused-ring (bicyclic) bond motifs is 1. The number of nitriles is 1. The van der Waals surface area contributed by atoms with Crippen molar-refractivity contribution in [2.24, 2.45) is 7.05 Å². The molecular formula is C22H25N5. The van der Waals surface area contributed by atoms with E-state index in [1.54, 1.807) is 0 Å². The SMILES string of the molecule is Cn1c(CN2CCCN(Cc3ccc(C#N)cc3)CC2)nc2ccccc21. The fraction of sp³-hybridized carbons (Fsp3) is 0.364. The standard InChI is InChI=1S/C22H25N5/c1-25-21-6-3-2-5-20(21)24-22(25)17-27-12-4-11-26(13-14-27)16-19-9-7-18(15-23)8-10-19/h2-3,5-10H,4,11-14,16-17H2,1H3. The van der Waals surface area contributed by atoms with E-state index in [0.29, 0.717) is 0 Å². The molecule has 27 heavy (non-hydrogen) atoms.